The first-order chi connectivity index (χ1) is 22.0. The molecule has 226 valence electrons. The number of hydrogen-bond donors (Lipinski definition) is 1. The van der Waals surface area contributed by atoms with Crippen LogP contribution in [-0.4, -0.2) is 12.5 Å². The number of unbranched alkanes of at least 4 members (excludes halogenated alkanes) is 3. The second-order valence-electron chi connectivity index (χ2n) is 11.7. The van der Waals surface area contributed by atoms with Crippen LogP contribution in [0.4, 0.5) is 22.7 Å². The summed E-state index contributed by atoms with van der Waals surface area (Å²) in [6.07, 6.45) is 4.67. The molecule has 45 heavy (non-hydrogen) atoms. The highest BCUT2D eigenvalue weighted by Gasteiger charge is 2.53. The van der Waals surface area contributed by atoms with Crippen molar-refractivity contribution in [1.82, 2.24) is 0 Å². The molecule has 0 radical (unpaired) electrons. The number of nitrogens with one attached hydrogen (secondary N) is 1. The van der Waals surface area contributed by atoms with Crippen molar-refractivity contribution in [3.8, 4) is 11.5 Å². The van der Waals surface area contributed by atoms with Gasteiger partial charge in [0.05, 0.1) is 5.56 Å². The normalized spacial score (nSPS) is 15.9. The number of anilines is 4. The summed E-state index contributed by atoms with van der Waals surface area (Å²) in [7, 11) is 0. The molecule has 1 N–H and O–H groups in total. The molecule has 1 atom stereocenters. The molecule has 5 aromatic rings. The van der Waals surface area contributed by atoms with Gasteiger partial charge in [-0.1, -0.05) is 74.2 Å². The first kappa shape index (κ1) is 29.0. The predicted molar refractivity (Wildman–Crippen MR) is 182 cm³/mol. The molecule has 0 aliphatic carbocycles. The smallest absolute Gasteiger partial charge is 0.340 e. The Morgan fingerprint density at radius 1 is 0.756 bits per heavy atom. The zero-order valence-electron chi connectivity index (χ0n) is 25.5. The number of carbonyl (C=O) groups is 1. The number of nitrogens with zero attached hydrogens (tertiary/aromatic N) is 1. The summed E-state index contributed by atoms with van der Waals surface area (Å²) in [5.41, 5.74) is 6.76. The van der Waals surface area contributed by atoms with Crippen molar-refractivity contribution in [1.29, 1.82) is 0 Å². The van der Waals surface area contributed by atoms with Gasteiger partial charge in [-0.25, -0.2) is 4.79 Å². The SMILES string of the molecule is CCCCCCN(c1ccccc1)c1ccc2c(c1)Oc1cc(C)c(Nc3ccc(Cl)cc3)cc1C21OC(=O)c2ccccc21. The minimum Gasteiger partial charge on any atom is -0.456 e. The maximum Gasteiger partial charge on any atom is 0.340 e. The Labute approximate surface area is 269 Å². The van der Waals surface area contributed by atoms with E-state index in [-0.39, 0.29) is 5.97 Å². The maximum absolute atomic E-state index is 13.5. The monoisotopic (exact) mass is 614 g/mol. The van der Waals surface area contributed by atoms with Crippen LogP contribution in [-0.2, 0) is 10.3 Å². The van der Waals surface area contributed by atoms with Crippen LogP contribution in [0.25, 0.3) is 0 Å². The molecule has 0 amide bonds. The number of benzene rings is 5. The lowest BCUT2D eigenvalue weighted by atomic mass is 9.77. The van der Waals surface area contributed by atoms with Gasteiger partial charge >= 0.3 is 5.97 Å². The largest absolute Gasteiger partial charge is 0.456 e. The minimum absolute atomic E-state index is 0.344. The van der Waals surface area contributed by atoms with E-state index in [0.717, 1.165) is 58.0 Å². The topological polar surface area (TPSA) is 50.8 Å². The number of fused-ring (bicyclic) bond motifs is 6. The Hall–Kier alpha value is -4.74. The van der Waals surface area contributed by atoms with E-state index in [9.17, 15) is 4.79 Å². The highest BCUT2D eigenvalue weighted by atomic mass is 35.5. The highest BCUT2D eigenvalue weighted by molar-refractivity contribution is 6.30. The van der Waals surface area contributed by atoms with E-state index >= 15 is 0 Å². The van der Waals surface area contributed by atoms with Gasteiger partial charge in [0.15, 0.2) is 5.60 Å². The second-order valence-corrected chi connectivity index (χ2v) is 12.2. The predicted octanol–water partition coefficient (Wildman–Crippen LogP) is 10.7. The summed E-state index contributed by atoms with van der Waals surface area (Å²) in [5.74, 6) is 0.998. The number of halogens is 1. The van der Waals surface area contributed by atoms with E-state index in [2.05, 4.69) is 65.7 Å². The number of rotatable bonds is 9. The average Bonchev–Trinajstić information content (AvgIpc) is 3.35. The van der Waals surface area contributed by atoms with Gasteiger partial charge in [0.25, 0.3) is 0 Å². The molecule has 2 aliphatic heterocycles. The van der Waals surface area contributed by atoms with E-state index < -0.39 is 5.60 Å². The molecule has 6 heteroatoms. The quantitative estimate of drug-likeness (QED) is 0.132. The zero-order valence-corrected chi connectivity index (χ0v) is 26.2. The zero-order chi connectivity index (χ0) is 31.0. The van der Waals surface area contributed by atoms with E-state index in [4.69, 9.17) is 21.1 Å². The summed E-state index contributed by atoms with van der Waals surface area (Å²) in [5, 5.41) is 4.20. The van der Waals surface area contributed by atoms with Crippen LogP contribution in [0.1, 0.15) is 65.2 Å². The van der Waals surface area contributed by atoms with E-state index in [1.807, 2.05) is 67.6 Å². The number of carbonyl (C=O) groups excluding carboxylic acids is 1. The summed E-state index contributed by atoms with van der Waals surface area (Å²) in [6.45, 7) is 5.17. The van der Waals surface area contributed by atoms with Gasteiger partial charge in [0, 0.05) is 57.1 Å². The lowest BCUT2D eigenvalue weighted by Crippen LogP contribution is -2.33. The Kier molecular flexibility index (Phi) is 7.72. The minimum atomic E-state index is -1.15. The molecule has 2 heterocycles. The molecule has 1 unspecified atom stereocenters. The van der Waals surface area contributed by atoms with Gasteiger partial charge in [-0.2, -0.15) is 0 Å². The van der Waals surface area contributed by atoms with Crippen LogP contribution in [0.2, 0.25) is 5.02 Å². The molecule has 0 aromatic heterocycles. The average molecular weight is 615 g/mol. The third kappa shape index (κ3) is 5.21. The van der Waals surface area contributed by atoms with Crippen LogP contribution in [0.3, 0.4) is 0 Å². The first-order valence-electron chi connectivity index (χ1n) is 15.6. The molecular weight excluding hydrogens is 580 g/mol. The highest BCUT2D eigenvalue weighted by Crippen LogP contribution is 2.57. The standard InChI is InChI=1S/C39H35ClN2O3/c1-3-4-5-11-22-42(29-12-7-6-8-13-29)30-20-21-33-37(24-30)44-36-23-26(2)35(41-28-18-16-27(40)17-19-28)25-34(36)39(33)32-15-10-9-14-31(32)38(43)45-39/h6-10,12-21,23-25,41H,3-5,11,22H2,1-2H3. The Morgan fingerprint density at radius 2 is 1.51 bits per heavy atom. The summed E-state index contributed by atoms with van der Waals surface area (Å²) >= 11 is 6.14. The first-order valence-corrected chi connectivity index (χ1v) is 16.0. The summed E-state index contributed by atoms with van der Waals surface area (Å²) < 4.78 is 13.2. The summed E-state index contributed by atoms with van der Waals surface area (Å²) in [4.78, 5) is 15.8. The van der Waals surface area contributed by atoms with Crippen LogP contribution < -0.4 is 15.0 Å². The Bertz CT molecular complexity index is 1870. The van der Waals surface area contributed by atoms with Gasteiger partial charge in [-0.15, -0.1) is 0 Å². The van der Waals surface area contributed by atoms with E-state index in [1.165, 1.54) is 19.3 Å². The fourth-order valence-corrected chi connectivity index (χ4v) is 6.64. The lowest BCUT2D eigenvalue weighted by Gasteiger charge is -2.38. The molecule has 0 fully saturated rings. The van der Waals surface area contributed by atoms with Crippen LogP contribution in [0.5, 0.6) is 11.5 Å². The van der Waals surface area contributed by atoms with Crippen LogP contribution in [0, 0.1) is 6.92 Å². The number of aryl methyl sites for hydroxylation is 1. The van der Waals surface area contributed by atoms with E-state index in [1.54, 1.807) is 0 Å². The van der Waals surface area contributed by atoms with Gasteiger partial charge in [0.1, 0.15) is 11.5 Å². The van der Waals surface area contributed by atoms with Crippen molar-refractivity contribution in [2.75, 3.05) is 16.8 Å². The van der Waals surface area contributed by atoms with Crippen LogP contribution >= 0.6 is 11.6 Å². The summed E-state index contributed by atoms with van der Waals surface area (Å²) in [6, 6.07) is 36.1. The van der Waals surface area contributed by atoms with Gasteiger partial charge < -0.3 is 19.7 Å². The fraction of sp³-hybridized carbons (Fsp3) is 0.205. The van der Waals surface area contributed by atoms with Crippen molar-refractivity contribution < 1.29 is 14.3 Å². The van der Waals surface area contributed by atoms with Gasteiger partial charge in [-0.05, 0) is 85.6 Å². The van der Waals surface area contributed by atoms with Crippen molar-refractivity contribution in [3.05, 3.63) is 142 Å². The molecule has 5 nitrogen and oxygen atoms in total. The Balaban J connectivity index is 1.36. The third-order valence-corrected chi connectivity index (χ3v) is 9.03. The molecule has 0 saturated carbocycles. The Morgan fingerprint density at radius 3 is 2.31 bits per heavy atom. The van der Waals surface area contributed by atoms with Gasteiger partial charge in [-0.3, -0.25) is 0 Å². The lowest BCUT2D eigenvalue weighted by molar-refractivity contribution is 0.0224. The molecule has 7 rings (SSSR count). The van der Waals surface area contributed by atoms with Crippen molar-refractivity contribution in [2.45, 2.75) is 45.1 Å². The fourth-order valence-electron chi connectivity index (χ4n) is 6.51. The maximum atomic E-state index is 13.5. The molecule has 2 aliphatic rings. The number of hydrogen-bond acceptors (Lipinski definition) is 5. The van der Waals surface area contributed by atoms with Crippen LogP contribution in [0.15, 0.2) is 109 Å². The van der Waals surface area contributed by atoms with Crippen molar-refractivity contribution in [3.63, 3.8) is 0 Å². The van der Waals surface area contributed by atoms with Crippen molar-refractivity contribution >= 4 is 40.3 Å². The molecular formula is C39H35ClN2O3. The molecule has 0 bridgehead atoms. The number of para-hydroxylation sites is 1. The second kappa shape index (κ2) is 12.0. The van der Waals surface area contributed by atoms with Gasteiger partial charge in [0.2, 0.25) is 0 Å². The number of esters is 1. The van der Waals surface area contributed by atoms with Crippen molar-refractivity contribution in [2.24, 2.45) is 0 Å². The molecule has 1 spiro atoms. The third-order valence-electron chi connectivity index (χ3n) is 8.78. The van der Waals surface area contributed by atoms with E-state index in [0.29, 0.717) is 22.1 Å². The molecule has 5 aromatic carbocycles. The molecule has 0 saturated heterocycles. The number of ether oxygens (including phenoxy) is 2.